The van der Waals surface area contributed by atoms with Gasteiger partial charge in [-0.3, -0.25) is 0 Å². The first-order valence-electron chi connectivity index (χ1n) is 6.72. The van der Waals surface area contributed by atoms with Crippen LogP contribution in [0.5, 0.6) is 0 Å². The molecule has 1 heterocycles. The van der Waals surface area contributed by atoms with Crippen molar-refractivity contribution >= 4 is 12.6 Å². The van der Waals surface area contributed by atoms with Crippen molar-refractivity contribution in [1.29, 1.82) is 0 Å². The summed E-state index contributed by atoms with van der Waals surface area (Å²) in [4.78, 5) is 0. The van der Waals surface area contributed by atoms with E-state index >= 15 is 0 Å². The van der Waals surface area contributed by atoms with E-state index in [-0.39, 0.29) is 11.2 Å². The predicted molar refractivity (Wildman–Crippen MR) is 77.4 cm³/mol. The van der Waals surface area contributed by atoms with Crippen LogP contribution in [-0.4, -0.2) is 23.4 Å². The van der Waals surface area contributed by atoms with Crippen LogP contribution in [0.2, 0.25) is 0 Å². The maximum absolute atomic E-state index is 10.3. The lowest BCUT2D eigenvalue weighted by Gasteiger charge is -2.32. The summed E-state index contributed by atoms with van der Waals surface area (Å²) in [5.41, 5.74) is 0.0803. The summed E-state index contributed by atoms with van der Waals surface area (Å²) in [7, 11) is -0.437. The molecule has 0 spiro atoms. The van der Waals surface area contributed by atoms with E-state index in [1.54, 1.807) is 13.8 Å². The molecule has 1 aromatic rings. The quantitative estimate of drug-likeness (QED) is 0.830. The lowest BCUT2D eigenvalue weighted by Crippen LogP contribution is -2.41. The van der Waals surface area contributed by atoms with E-state index in [4.69, 9.17) is 9.31 Å². The molecule has 19 heavy (non-hydrogen) atoms. The van der Waals surface area contributed by atoms with Crippen molar-refractivity contribution < 1.29 is 14.4 Å². The molecule has 0 amide bonds. The highest BCUT2D eigenvalue weighted by Gasteiger charge is 2.52. The van der Waals surface area contributed by atoms with Crippen LogP contribution in [0.4, 0.5) is 0 Å². The van der Waals surface area contributed by atoms with Gasteiger partial charge in [-0.2, -0.15) is 0 Å². The Kier molecular flexibility index (Phi) is 3.32. The molecule has 0 radical (unpaired) electrons. The second-order valence-corrected chi connectivity index (χ2v) is 6.73. The van der Waals surface area contributed by atoms with Crippen molar-refractivity contribution in [3.05, 3.63) is 29.8 Å². The van der Waals surface area contributed by atoms with Crippen LogP contribution in [-0.2, 0) is 14.9 Å². The van der Waals surface area contributed by atoms with Crippen LogP contribution in [0.25, 0.3) is 0 Å². The number of hydrogen-bond donors (Lipinski definition) is 1. The minimum atomic E-state index is -0.916. The average Bonchev–Trinajstić information content (AvgIpc) is 2.47. The highest BCUT2D eigenvalue weighted by molar-refractivity contribution is 6.62. The minimum Gasteiger partial charge on any atom is -0.399 e. The first-order chi connectivity index (χ1) is 8.55. The maximum atomic E-state index is 10.3. The molecule has 0 atom stereocenters. The summed E-state index contributed by atoms with van der Waals surface area (Å²) >= 11 is 0. The topological polar surface area (TPSA) is 38.7 Å². The van der Waals surface area contributed by atoms with E-state index in [1.807, 2.05) is 52.0 Å². The minimum absolute atomic E-state index is 0.371. The van der Waals surface area contributed by atoms with Crippen molar-refractivity contribution in [2.24, 2.45) is 0 Å². The van der Waals surface area contributed by atoms with Crippen LogP contribution < -0.4 is 5.46 Å². The molecule has 0 unspecified atom stereocenters. The molecular formula is C15H23BO3. The maximum Gasteiger partial charge on any atom is 0.495 e. The van der Waals surface area contributed by atoms with Crippen molar-refractivity contribution in [3.63, 3.8) is 0 Å². The van der Waals surface area contributed by atoms with Gasteiger partial charge in [-0.05, 0) is 52.6 Å². The number of benzene rings is 1. The molecule has 4 heteroatoms. The van der Waals surface area contributed by atoms with Crippen LogP contribution in [0.15, 0.2) is 24.3 Å². The van der Waals surface area contributed by atoms with Gasteiger partial charge in [-0.15, -0.1) is 0 Å². The Morgan fingerprint density at radius 3 is 1.95 bits per heavy atom. The van der Waals surface area contributed by atoms with Gasteiger partial charge in [-0.25, -0.2) is 0 Å². The Hall–Kier alpha value is -0.835. The number of aliphatic hydroxyl groups is 1. The van der Waals surface area contributed by atoms with Gasteiger partial charge in [0, 0.05) is 0 Å². The van der Waals surface area contributed by atoms with Crippen LogP contribution in [0, 0.1) is 0 Å². The molecule has 1 aromatic carbocycles. The van der Waals surface area contributed by atoms with E-state index in [0.29, 0.717) is 0 Å². The van der Waals surface area contributed by atoms with E-state index in [2.05, 4.69) is 0 Å². The zero-order valence-electron chi connectivity index (χ0n) is 12.7. The number of rotatable bonds is 2. The van der Waals surface area contributed by atoms with Crippen molar-refractivity contribution in [2.75, 3.05) is 0 Å². The summed E-state index contributed by atoms with van der Waals surface area (Å²) in [5.74, 6) is 0. The second-order valence-electron chi connectivity index (χ2n) is 6.73. The molecule has 1 aliphatic rings. The van der Waals surface area contributed by atoms with Crippen molar-refractivity contribution in [3.8, 4) is 0 Å². The van der Waals surface area contributed by atoms with Crippen LogP contribution in [0.3, 0.4) is 0 Å². The van der Waals surface area contributed by atoms with Gasteiger partial charge in [-0.1, -0.05) is 24.3 Å². The van der Waals surface area contributed by atoms with Gasteiger partial charge < -0.3 is 14.4 Å². The largest absolute Gasteiger partial charge is 0.495 e. The predicted octanol–water partition coefficient (Wildman–Crippen LogP) is 2.21. The third-order valence-electron chi connectivity index (χ3n) is 4.13. The fourth-order valence-electron chi connectivity index (χ4n) is 2.23. The van der Waals surface area contributed by atoms with Gasteiger partial charge >= 0.3 is 7.12 Å². The molecule has 0 aromatic heterocycles. The monoisotopic (exact) mass is 262 g/mol. The highest BCUT2D eigenvalue weighted by Crippen LogP contribution is 2.37. The van der Waals surface area contributed by atoms with Crippen molar-refractivity contribution in [1.82, 2.24) is 0 Å². The molecule has 0 aliphatic carbocycles. The third-order valence-corrected chi connectivity index (χ3v) is 4.13. The molecule has 1 fully saturated rings. The van der Waals surface area contributed by atoms with Crippen LogP contribution in [0.1, 0.15) is 47.1 Å². The Morgan fingerprint density at radius 1 is 1.00 bits per heavy atom. The van der Waals surface area contributed by atoms with Gasteiger partial charge in [0.15, 0.2) is 0 Å². The van der Waals surface area contributed by atoms with Crippen molar-refractivity contribution in [2.45, 2.75) is 58.3 Å². The molecule has 104 valence electrons. The zero-order chi connectivity index (χ0) is 14.5. The fraction of sp³-hybridized carbons (Fsp3) is 0.600. The molecule has 3 nitrogen and oxygen atoms in total. The summed E-state index contributed by atoms with van der Waals surface area (Å²) in [5, 5.41) is 10.3. The standard InChI is InChI=1S/C15H23BO3/c1-13(2,17)11-9-7-8-10-12(11)16-18-14(3,4)15(5,6)19-16/h7-10,17H,1-6H3. The molecule has 1 saturated heterocycles. The highest BCUT2D eigenvalue weighted by atomic mass is 16.7. The number of hydrogen-bond acceptors (Lipinski definition) is 3. The lowest BCUT2D eigenvalue weighted by molar-refractivity contribution is 0.00578. The smallest absolute Gasteiger partial charge is 0.399 e. The van der Waals surface area contributed by atoms with Gasteiger partial charge in [0.1, 0.15) is 0 Å². The first kappa shape index (κ1) is 14.6. The summed E-state index contributed by atoms with van der Waals surface area (Å²) in [6.45, 7) is 11.7. The third kappa shape index (κ3) is 2.57. The Balaban J connectivity index is 2.41. The Bertz CT molecular complexity index is 459. The van der Waals surface area contributed by atoms with E-state index in [1.165, 1.54) is 0 Å². The molecular weight excluding hydrogens is 239 g/mol. The lowest BCUT2D eigenvalue weighted by atomic mass is 9.72. The second kappa shape index (κ2) is 4.34. The first-order valence-corrected chi connectivity index (χ1v) is 6.72. The van der Waals surface area contributed by atoms with Crippen LogP contribution >= 0.6 is 0 Å². The molecule has 1 N–H and O–H groups in total. The Labute approximate surface area is 116 Å². The van der Waals surface area contributed by atoms with Gasteiger partial charge in [0.25, 0.3) is 0 Å². The molecule has 1 aliphatic heterocycles. The Morgan fingerprint density at radius 2 is 1.47 bits per heavy atom. The van der Waals surface area contributed by atoms with Gasteiger partial charge in [0.05, 0.1) is 16.8 Å². The molecule has 0 saturated carbocycles. The average molecular weight is 262 g/mol. The fourth-order valence-corrected chi connectivity index (χ4v) is 2.23. The molecule has 2 rings (SSSR count). The summed E-state index contributed by atoms with van der Waals surface area (Å²) < 4.78 is 12.1. The summed E-state index contributed by atoms with van der Waals surface area (Å²) in [6, 6.07) is 7.73. The summed E-state index contributed by atoms with van der Waals surface area (Å²) in [6.07, 6.45) is 0. The van der Waals surface area contributed by atoms with E-state index in [0.717, 1.165) is 11.0 Å². The van der Waals surface area contributed by atoms with E-state index in [9.17, 15) is 5.11 Å². The zero-order valence-corrected chi connectivity index (χ0v) is 12.7. The van der Waals surface area contributed by atoms with Gasteiger partial charge in [0.2, 0.25) is 0 Å². The normalized spacial score (nSPS) is 21.7. The SMILES string of the molecule is CC(C)(O)c1ccccc1B1OC(C)(C)C(C)(C)O1. The molecule has 0 bridgehead atoms. The van der Waals surface area contributed by atoms with E-state index < -0.39 is 12.7 Å².